The maximum absolute atomic E-state index is 10.7. The molecule has 0 saturated carbocycles. The second kappa shape index (κ2) is 8.30. The molecule has 0 aliphatic heterocycles. The first-order valence-electron chi connectivity index (χ1n) is 5.26. The second-order valence-electron chi connectivity index (χ2n) is 3.92. The topological polar surface area (TPSA) is 20.3 Å². The Morgan fingerprint density at radius 2 is 2.14 bits per heavy atom. The summed E-state index contributed by atoms with van der Waals surface area (Å²) in [7, 11) is 2.14. The van der Waals surface area contributed by atoms with E-state index in [1.54, 1.807) is 6.92 Å². The van der Waals surface area contributed by atoms with E-state index in [1.807, 2.05) is 11.8 Å². The third kappa shape index (κ3) is 7.39. The molecule has 1 unspecified atom stereocenters. The van der Waals surface area contributed by atoms with Crippen molar-refractivity contribution < 1.29 is 4.79 Å². The summed E-state index contributed by atoms with van der Waals surface area (Å²) in [5, 5.41) is 0. The fraction of sp³-hybridized carbons (Fsp3) is 0.909. The van der Waals surface area contributed by atoms with Crippen molar-refractivity contribution in [2.45, 2.75) is 39.2 Å². The van der Waals surface area contributed by atoms with Gasteiger partial charge in [0.1, 0.15) is 5.78 Å². The first-order chi connectivity index (χ1) is 6.57. The van der Waals surface area contributed by atoms with E-state index < -0.39 is 0 Å². The molecular weight excluding hydrogens is 194 g/mol. The number of Topliss-reactive ketones (excluding diaryl/α,β-unsaturated/α-hetero) is 1. The van der Waals surface area contributed by atoms with Crippen LogP contribution < -0.4 is 0 Å². The van der Waals surface area contributed by atoms with E-state index in [0.29, 0.717) is 11.8 Å². The average molecular weight is 217 g/mol. The van der Waals surface area contributed by atoms with Crippen molar-refractivity contribution in [2.24, 2.45) is 0 Å². The molecule has 0 amide bonds. The highest BCUT2D eigenvalue weighted by Crippen LogP contribution is 2.07. The van der Waals surface area contributed by atoms with Crippen molar-refractivity contribution in [3.05, 3.63) is 0 Å². The minimum atomic E-state index is 0.301. The Hall–Kier alpha value is -0.0200. The quantitative estimate of drug-likeness (QED) is 0.623. The summed E-state index contributed by atoms with van der Waals surface area (Å²) in [6.07, 6.45) is 5.09. The monoisotopic (exact) mass is 217 g/mol. The lowest BCUT2D eigenvalue weighted by Crippen LogP contribution is -2.30. The molecule has 3 heteroatoms. The minimum absolute atomic E-state index is 0.301. The van der Waals surface area contributed by atoms with Crippen LogP contribution in [0.3, 0.4) is 0 Å². The lowest BCUT2D eigenvalue weighted by atomic mass is 10.2. The smallest absolute Gasteiger partial charge is 0.129 e. The largest absolute Gasteiger partial charge is 0.304 e. The fourth-order valence-corrected chi connectivity index (χ4v) is 1.88. The Labute approximate surface area is 92.4 Å². The minimum Gasteiger partial charge on any atom is -0.304 e. The number of nitrogens with zero attached hydrogens (tertiary/aromatic N) is 1. The summed E-state index contributed by atoms with van der Waals surface area (Å²) in [6, 6.07) is 0.634. The van der Waals surface area contributed by atoms with Crippen LogP contribution >= 0.6 is 11.8 Å². The van der Waals surface area contributed by atoms with E-state index in [-0.39, 0.29) is 0 Å². The van der Waals surface area contributed by atoms with Gasteiger partial charge in [-0.25, -0.2) is 0 Å². The normalized spacial score (nSPS) is 13.2. The van der Waals surface area contributed by atoms with Crippen LogP contribution in [0.5, 0.6) is 0 Å². The molecule has 0 saturated heterocycles. The van der Waals surface area contributed by atoms with Crippen LogP contribution in [-0.2, 0) is 4.79 Å². The van der Waals surface area contributed by atoms with Crippen molar-refractivity contribution in [3.8, 4) is 0 Å². The molecule has 0 radical (unpaired) electrons. The molecule has 14 heavy (non-hydrogen) atoms. The van der Waals surface area contributed by atoms with E-state index in [1.165, 1.54) is 12.2 Å². The molecule has 0 rings (SSSR count). The molecule has 1 atom stereocenters. The van der Waals surface area contributed by atoms with Gasteiger partial charge in [0.2, 0.25) is 0 Å². The summed E-state index contributed by atoms with van der Waals surface area (Å²) < 4.78 is 0. The Kier molecular flexibility index (Phi) is 8.29. The van der Waals surface area contributed by atoms with Gasteiger partial charge in [0, 0.05) is 12.5 Å². The lowest BCUT2D eigenvalue weighted by molar-refractivity contribution is -0.117. The van der Waals surface area contributed by atoms with Gasteiger partial charge < -0.3 is 9.69 Å². The van der Waals surface area contributed by atoms with Gasteiger partial charge in [-0.15, -0.1) is 0 Å². The van der Waals surface area contributed by atoms with Crippen molar-refractivity contribution in [1.29, 1.82) is 0 Å². The molecule has 0 N–H and O–H groups in total. The van der Waals surface area contributed by atoms with Crippen molar-refractivity contribution in [3.63, 3.8) is 0 Å². The van der Waals surface area contributed by atoms with Crippen molar-refractivity contribution >= 4 is 17.5 Å². The number of thioether (sulfide) groups is 1. The highest BCUT2D eigenvalue weighted by atomic mass is 32.2. The van der Waals surface area contributed by atoms with E-state index in [9.17, 15) is 4.79 Å². The number of hydrogen-bond donors (Lipinski definition) is 0. The third-order valence-corrected chi connectivity index (χ3v) is 3.18. The van der Waals surface area contributed by atoms with Gasteiger partial charge in [-0.1, -0.05) is 0 Å². The first-order valence-corrected chi connectivity index (χ1v) is 6.66. The molecule has 2 nitrogen and oxygen atoms in total. The summed E-state index contributed by atoms with van der Waals surface area (Å²) in [5.41, 5.74) is 0. The number of rotatable bonds is 8. The zero-order chi connectivity index (χ0) is 11.0. The Morgan fingerprint density at radius 3 is 2.64 bits per heavy atom. The van der Waals surface area contributed by atoms with E-state index in [0.717, 1.165) is 19.4 Å². The Morgan fingerprint density at radius 1 is 1.50 bits per heavy atom. The van der Waals surface area contributed by atoms with Crippen LogP contribution in [0.4, 0.5) is 0 Å². The van der Waals surface area contributed by atoms with E-state index >= 15 is 0 Å². The highest BCUT2D eigenvalue weighted by Gasteiger charge is 2.08. The van der Waals surface area contributed by atoms with Gasteiger partial charge >= 0.3 is 0 Å². The molecule has 0 bridgehead atoms. The van der Waals surface area contributed by atoms with Crippen LogP contribution in [0.1, 0.15) is 33.1 Å². The SMILES string of the molecule is CSCCC(C)N(C)CCCC(C)=O. The molecule has 0 spiro atoms. The predicted octanol–water partition coefficient (Wildman–Crippen LogP) is 2.43. The summed E-state index contributed by atoms with van der Waals surface area (Å²) in [5.74, 6) is 1.52. The molecule has 0 aromatic rings. The molecule has 84 valence electrons. The fourth-order valence-electron chi connectivity index (χ4n) is 1.31. The van der Waals surface area contributed by atoms with Gasteiger partial charge in [-0.3, -0.25) is 0 Å². The predicted molar refractivity (Wildman–Crippen MR) is 65.0 cm³/mol. The maximum Gasteiger partial charge on any atom is 0.129 e. The zero-order valence-electron chi connectivity index (χ0n) is 9.88. The number of carbonyl (C=O) groups excluding carboxylic acids is 1. The molecule has 0 heterocycles. The Balaban J connectivity index is 3.50. The van der Waals surface area contributed by atoms with Gasteiger partial charge in [-0.2, -0.15) is 11.8 Å². The van der Waals surface area contributed by atoms with Gasteiger partial charge in [0.05, 0.1) is 0 Å². The standard InChI is InChI=1S/C11H23NOS/c1-10(7-9-14-4)12(3)8-5-6-11(2)13/h10H,5-9H2,1-4H3. The van der Waals surface area contributed by atoms with E-state index in [2.05, 4.69) is 25.1 Å². The molecule has 0 aliphatic carbocycles. The zero-order valence-corrected chi connectivity index (χ0v) is 10.7. The van der Waals surface area contributed by atoms with Crippen LogP contribution in [0, 0.1) is 0 Å². The van der Waals surface area contributed by atoms with E-state index in [4.69, 9.17) is 0 Å². The molecule has 0 aromatic carbocycles. The highest BCUT2D eigenvalue weighted by molar-refractivity contribution is 7.98. The van der Waals surface area contributed by atoms with Gasteiger partial charge in [-0.05, 0) is 52.3 Å². The molecule has 0 aromatic heterocycles. The van der Waals surface area contributed by atoms with Crippen LogP contribution in [0.2, 0.25) is 0 Å². The van der Waals surface area contributed by atoms with Crippen LogP contribution in [0.15, 0.2) is 0 Å². The van der Waals surface area contributed by atoms with Crippen molar-refractivity contribution in [2.75, 3.05) is 25.6 Å². The summed E-state index contributed by atoms with van der Waals surface area (Å²) in [6.45, 7) is 4.95. The van der Waals surface area contributed by atoms with Gasteiger partial charge in [0.15, 0.2) is 0 Å². The van der Waals surface area contributed by atoms with Crippen molar-refractivity contribution in [1.82, 2.24) is 4.90 Å². The lowest BCUT2D eigenvalue weighted by Gasteiger charge is -2.24. The molecular formula is C11H23NOS. The number of ketones is 1. The molecule has 0 aliphatic rings. The average Bonchev–Trinajstić information content (AvgIpc) is 2.13. The number of carbonyl (C=O) groups is 1. The van der Waals surface area contributed by atoms with Crippen LogP contribution in [0.25, 0.3) is 0 Å². The third-order valence-electron chi connectivity index (χ3n) is 2.53. The second-order valence-corrected chi connectivity index (χ2v) is 4.90. The van der Waals surface area contributed by atoms with Crippen LogP contribution in [-0.4, -0.2) is 42.3 Å². The Bertz CT molecular complexity index is 161. The summed E-state index contributed by atoms with van der Waals surface area (Å²) in [4.78, 5) is 13.1. The molecule has 0 fully saturated rings. The summed E-state index contributed by atoms with van der Waals surface area (Å²) >= 11 is 1.90. The first kappa shape index (κ1) is 14.0. The number of hydrogen-bond acceptors (Lipinski definition) is 3. The maximum atomic E-state index is 10.7. The van der Waals surface area contributed by atoms with Gasteiger partial charge in [0.25, 0.3) is 0 Å².